The molecule has 0 amide bonds. The quantitative estimate of drug-likeness (QED) is 0.416. The maximum atomic E-state index is 2.25. The topological polar surface area (TPSA) is 0 Å². The predicted octanol–water partition coefficient (Wildman–Crippen LogP) is 1.32. The summed E-state index contributed by atoms with van der Waals surface area (Å²) < 4.78 is 0. The van der Waals surface area contributed by atoms with Gasteiger partial charge in [0.25, 0.3) is 0 Å². The first-order valence-corrected chi connectivity index (χ1v) is 4.21. The lowest BCUT2D eigenvalue weighted by molar-refractivity contribution is 1.71. The molecule has 0 bridgehead atoms. The van der Waals surface area contributed by atoms with E-state index in [2.05, 4.69) is 29.9 Å². The van der Waals surface area contributed by atoms with Crippen LogP contribution in [0.3, 0.4) is 0 Å². The van der Waals surface area contributed by atoms with Crippen molar-refractivity contribution in [1.82, 2.24) is 0 Å². The molecule has 0 saturated heterocycles. The maximum absolute atomic E-state index is 2.25. The average molecular weight is 113 g/mol. The van der Waals surface area contributed by atoms with Gasteiger partial charge in [-0.15, -0.1) is 0 Å². The third-order valence-corrected chi connectivity index (χ3v) is 2.26. The van der Waals surface area contributed by atoms with Crippen LogP contribution in [0.15, 0.2) is 23.6 Å². The second-order valence-electron chi connectivity index (χ2n) is 1.61. The van der Waals surface area contributed by atoms with Gasteiger partial charge < -0.3 is 0 Å². The van der Waals surface area contributed by atoms with Crippen LogP contribution < -0.4 is 0 Å². The molecule has 0 fully saturated rings. The van der Waals surface area contributed by atoms with Crippen LogP contribution in [0.2, 0.25) is 0 Å². The van der Waals surface area contributed by atoms with Crippen LogP contribution in [-0.2, 0) is 10.9 Å². The molecule has 0 aliphatic carbocycles. The van der Waals surface area contributed by atoms with E-state index in [0.717, 1.165) is 0 Å². The van der Waals surface area contributed by atoms with Crippen molar-refractivity contribution in [2.75, 3.05) is 12.0 Å². The smallest absolute Gasteiger partial charge is 0.0573 e. The summed E-state index contributed by atoms with van der Waals surface area (Å²) in [6.07, 6.45) is 8.68. The van der Waals surface area contributed by atoms with E-state index in [4.69, 9.17) is 0 Å². The number of allylic oxidation sites excluding steroid dienone is 2. The van der Waals surface area contributed by atoms with Crippen LogP contribution in [0.1, 0.15) is 0 Å². The van der Waals surface area contributed by atoms with Gasteiger partial charge in [-0.3, -0.25) is 0 Å². The molecule has 1 heterocycles. The van der Waals surface area contributed by atoms with Crippen molar-refractivity contribution in [2.45, 2.75) is 0 Å². The monoisotopic (exact) mass is 113 g/mol. The van der Waals surface area contributed by atoms with Gasteiger partial charge in [0.15, 0.2) is 0 Å². The van der Waals surface area contributed by atoms with Gasteiger partial charge >= 0.3 is 0 Å². The Morgan fingerprint density at radius 2 is 2.29 bits per heavy atom. The summed E-state index contributed by atoms with van der Waals surface area (Å²) >= 11 is 0. The molecule has 1 aliphatic heterocycles. The van der Waals surface area contributed by atoms with Crippen LogP contribution in [0.4, 0.5) is 0 Å². The molecule has 0 spiro atoms. The highest BCUT2D eigenvalue weighted by Crippen LogP contribution is 1.99. The molecule has 1 atom stereocenters. The van der Waals surface area contributed by atoms with Gasteiger partial charge in [-0.2, -0.15) is 0 Å². The molecule has 0 nitrogen and oxygen atoms in total. The summed E-state index contributed by atoms with van der Waals surface area (Å²) in [5.74, 6) is 1.25. The molecule has 1 rings (SSSR count). The largest absolute Gasteiger partial charge is 0.131 e. The van der Waals surface area contributed by atoms with Gasteiger partial charge in [0.1, 0.15) is 17.4 Å². The third kappa shape index (κ3) is 1.39. The first-order valence-electron chi connectivity index (χ1n) is 2.34. The van der Waals surface area contributed by atoms with Crippen molar-refractivity contribution in [1.29, 1.82) is 0 Å². The molecular formula is C6H9S+. The van der Waals surface area contributed by atoms with Crippen LogP contribution in [0.25, 0.3) is 0 Å². The fraction of sp³-hybridized carbons (Fsp3) is 0.333. The van der Waals surface area contributed by atoms with Crippen LogP contribution in [-0.4, -0.2) is 12.0 Å². The second kappa shape index (κ2) is 2.22. The average Bonchev–Trinajstić information content (AvgIpc) is 1.69. The Kier molecular flexibility index (Phi) is 1.58. The van der Waals surface area contributed by atoms with Crippen molar-refractivity contribution in [3.8, 4) is 0 Å². The van der Waals surface area contributed by atoms with Gasteiger partial charge in [0.05, 0.1) is 0 Å². The minimum atomic E-state index is 0.542. The van der Waals surface area contributed by atoms with Crippen molar-refractivity contribution >= 4 is 10.9 Å². The van der Waals surface area contributed by atoms with Gasteiger partial charge in [0, 0.05) is 10.9 Å². The fourth-order valence-electron chi connectivity index (χ4n) is 0.521. The number of hydrogen-bond donors (Lipinski definition) is 0. The molecule has 1 unspecified atom stereocenters. The van der Waals surface area contributed by atoms with Crippen LogP contribution in [0, 0.1) is 0 Å². The molecule has 38 valence electrons. The standard InChI is InChI=1S/C6H9S/c1-7-5-3-2-4-6-7/h2-5H,6H2,1H3/q+1. The van der Waals surface area contributed by atoms with E-state index >= 15 is 0 Å². The normalized spacial score (nSPS) is 28.4. The molecule has 0 aromatic heterocycles. The molecule has 7 heavy (non-hydrogen) atoms. The summed E-state index contributed by atoms with van der Waals surface area (Å²) in [5, 5.41) is 2.25. The summed E-state index contributed by atoms with van der Waals surface area (Å²) in [5.41, 5.74) is 0. The highest BCUT2D eigenvalue weighted by atomic mass is 32.2. The highest BCUT2D eigenvalue weighted by molar-refractivity contribution is 7.99. The summed E-state index contributed by atoms with van der Waals surface area (Å²) in [6, 6.07) is 0. The Hall–Kier alpha value is -0.170. The first-order chi connectivity index (χ1) is 3.39. The molecule has 0 radical (unpaired) electrons. The van der Waals surface area contributed by atoms with Crippen molar-refractivity contribution in [3.63, 3.8) is 0 Å². The van der Waals surface area contributed by atoms with Crippen molar-refractivity contribution in [3.05, 3.63) is 23.6 Å². The molecular weight excluding hydrogens is 104 g/mol. The molecule has 0 aromatic rings. The molecule has 0 N–H and O–H groups in total. The van der Waals surface area contributed by atoms with Gasteiger partial charge in [-0.05, 0) is 12.2 Å². The lowest BCUT2D eigenvalue weighted by atomic mass is 10.5. The summed E-state index contributed by atoms with van der Waals surface area (Å²) in [4.78, 5) is 0. The number of rotatable bonds is 0. The van der Waals surface area contributed by atoms with Crippen molar-refractivity contribution < 1.29 is 0 Å². The van der Waals surface area contributed by atoms with Gasteiger partial charge in [-0.25, -0.2) is 0 Å². The Morgan fingerprint density at radius 3 is 2.57 bits per heavy atom. The zero-order chi connectivity index (χ0) is 5.11. The lowest BCUT2D eigenvalue weighted by Crippen LogP contribution is -1.98. The Labute approximate surface area is 47.3 Å². The van der Waals surface area contributed by atoms with Crippen LogP contribution >= 0.6 is 0 Å². The van der Waals surface area contributed by atoms with E-state index in [9.17, 15) is 0 Å². The lowest BCUT2D eigenvalue weighted by Gasteiger charge is -1.92. The van der Waals surface area contributed by atoms with E-state index in [1.54, 1.807) is 0 Å². The highest BCUT2D eigenvalue weighted by Gasteiger charge is 2.03. The van der Waals surface area contributed by atoms with Gasteiger partial charge in [-0.1, -0.05) is 6.08 Å². The number of hydrogen-bond acceptors (Lipinski definition) is 0. The molecule has 0 aromatic carbocycles. The SMILES string of the molecule is C[S+]1C=CC=CC1. The summed E-state index contributed by atoms with van der Waals surface area (Å²) in [7, 11) is 0.542. The van der Waals surface area contributed by atoms with Gasteiger partial charge in [0.2, 0.25) is 0 Å². The predicted molar refractivity (Wildman–Crippen MR) is 36.4 cm³/mol. The van der Waals surface area contributed by atoms with E-state index in [1.807, 2.05) is 0 Å². The minimum absolute atomic E-state index is 0.542. The molecule has 1 aliphatic rings. The van der Waals surface area contributed by atoms with Crippen molar-refractivity contribution in [2.24, 2.45) is 0 Å². The molecule has 0 saturated carbocycles. The zero-order valence-corrected chi connectivity index (χ0v) is 5.24. The maximum Gasteiger partial charge on any atom is 0.131 e. The first kappa shape index (κ1) is 4.98. The van der Waals surface area contributed by atoms with Crippen LogP contribution in [0.5, 0.6) is 0 Å². The van der Waals surface area contributed by atoms with E-state index in [1.165, 1.54) is 5.75 Å². The summed E-state index contributed by atoms with van der Waals surface area (Å²) in [6.45, 7) is 0. The fourth-order valence-corrected chi connectivity index (χ4v) is 1.41. The van der Waals surface area contributed by atoms with E-state index < -0.39 is 0 Å². The minimum Gasteiger partial charge on any atom is -0.0573 e. The Bertz CT molecular complexity index is 103. The second-order valence-corrected chi connectivity index (χ2v) is 3.60. The zero-order valence-electron chi connectivity index (χ0n) is 4.42. The Morgan fingerprint density at radius 1 is 1.43 bits per heavy atom. The van der Waals surface area contributed by atoms with E-state index in [0.29, 0.717) is 10.9 Å². The Balaban J connectivity index is 2.49. The third-order valence-electron chi connectivity index (χ3n) is 0.917. The van der Waals surface area contributed by atoms with E-state index in [-0.39, 0.29) is 0 Å². The molecule has 1 heteroatoms.